The smallest absolute Gasteiger partial charge is 0.329 e. The maximum Gasteiger partial charge on any atom is 0.329 e. The Kier molecular flexibility index (Phi) is 5.56. The van der Waals surface area contributed by atoms with Crippen molar-refractivity contribution in [2.45, 2.75) is 63.3 Å². The number of pyridine rings is 1. The molecule has 1 aromatic heterocycles. The summed E-state index contributed by atoms with van der Waals surface area (Å²) >= 11 is 0. The van der Waals surface area contributed by atoms with Crippen molar-refractivity contribution in [2.24, 2.45) is 0 Å². The highest BCUT2D eigenvalue weighted by molar-refractivity contribution is 5.97. The second-order valence-corrected chi connectivity index (χ2v) is 7.21. The van der Waals surface area contributed by atoms with Crippen molar-refractivity contribution >= 4 is 17.7 Å². The first-order valence-electron chi connectivity index (χ1n) is 9.38. The van der Waals surface area contributed by atoms with E-state index in [9.17, 15) is 14.7 Å². The zero-order valence-corrected chi connectivity index (χ0v) is 14.7. The second-order valence-electron chi connectivity index (χ2n) is 7.21. The Hall–Kier alpha value is -2.11. The number of nitrogens with one attached hydrogen (secondary N) is 1. The number of anilines is 1. The first-order valence-corrected chi connectivity index (χ1v) is 9.38. The van der Waals surface area contributed by atoms with Gasteiger partial charge in [0.25, 0.3) is 5.91 Å². The SMILES string of the molecule is O=C(NC1(C(=O)O)CCCCC1)c1ccc(N2CCCCCC2)nc1. The van der Waals surface area contributed by atoms with Gasteiger partial charge in [0.1, 0.15) is 11.4 Å². The Morgan fingerprint density at radius 3 is 2.20 bits per heavy atom. The molecule has 0 spiro atoms. The predicted octanol–water partition coefficient (Wildman–Crippen LogP) is 2.98. The monoisotopic (exact) mass is 345 g/mol. The van der Waals surface area contributed by atoms with E-state index in [4.69, 9.17) is 0 Å². The zero-order chi connectivity index (χ0) is 17.7. The van der Waals surface area contributed by atoms with E-state index in [0.717, 1.165) is 38.2 Å². The Balaban J connectivity index is 1.68. The molecule has 1 aliphatic heterocycles. The van der Waals surface area contributed by atoms with Crippen LogP contribution in [0.2, 0.25) is 0 Å². The Morgan fingerprint density at radius 2 is 1.64 bits per heavy atom. The van der Waals surface area contributed by atoms with Crippen LogP contribution in [0.1, 0.15) is 68.1 Å². The van der Waals surface area contributed by atoms with Gasteiger partial charge < -0.3 is 15.3 Å². The fourth-order valence-electron chi connectivity index (χ4n) is 3.84. The van der Waals surface area contributed by atoms with Crippen LogP contribution in [-0.4, -0.2) is 40.6 Å². The van der Waals surface area contributed by atoms with Gasteiger partial charge in [-0.05, 0) is 37.8 Å². The summed E-state index contributed by atoms with van der Waals surface area (Å²) < 4.78 is 0. The molecule has 2 N–H and O–H groups in total. The molecule has 0 aromatic carbocycles. The molecule has 6 heteroatoms. The van der Waals surface area contributed by atoms with Crippen LogP contribution in [0.4, 0.5) is 5.82 Å². The summed E-state index contributed by atoms with van der Waals surface area (Å²) in [4.78, 5) is 30.9. The van der Waals surface area contributed by atoms with E-state index in [-0.39, 0.29) is 5.91 Å². The number of carboxylic acids is 1. The lowest BCUT2D eigenvalue weighted by atomic mass is 9.81. The van der Waals surface area contributed by atoms with Crippen molar-refractivity contribution in [1.82, 2.24) is 10.3 Å². The highest BCUT2D eigenvalue weighted by Crippen LogP contribution is 2.29. The molecule has 3 rings (SSSR count). The molecule has 1 saturated carbocycles. The molecule has 25 heavy (non-hydrogen) atoms. The first-order chi connectivity index (χ1) is 12.1. The highest BCUT2D eigenvalue weighted by Gasteiger charge is 2.41. The molecule has 0 unspecified atom stereocenters. The quantitative estimate of drug-likeness (QED) is 0.876. The highest BCUT2D eigenvalue weighted by atomic mass is 16.4. The molecule has 1 amide bonds. The van der Waals surface area contributed by atoms with Crippen LogP contribution in [0.3, 0.4) is 0 Å². The van der Waals surface area contributed by atoms with Crippen LogP contribution < -0.4 is 10.2 Å². The molecule has 0 radical (unpaired) electrons. The lowest BCUT2D eigenvalue weighted by Gasteiger charge is -2.34. The summed E-state index contributed by atoms with van der Waals surface area (Å²) in [5.74, 6) is -0.391. The Morgan fingerprint density at radius 1 is 1.00 bits per heavy atom. The first kappa shape index (κ1) is 17.7. The van der Waals surface area contributed by atoms with Gasteiger partial charge in [0.15, 0.2) is 0 Å². The van der Waals surface area contributed by atoms with Gasteiger partial charge in [0, 0.05) is 19.3 Å². The molecule has 2 fully saturated rings. The lowest BCUT2D eigenvalue weighted by molar-refractivity contribution is -0.145. The summed E-state index contributed by atoms with van der Waals surface area (Å²) in [5.41, 5.74) is -0.705. The molecule has 1 saturated heterocycles. The molecule has 1 aliphatic carbocycles. The van der Waals surface area contributed by atoms with E-state index >= 15 is 0 Å². The van der Waals surface area contributed by atoms with Crippen LogP contribution in [-0.2, 0) is 4.79 Å². The number of aliphatic carboxylic acids is 1. The molecular weight excluding hydrogens is 318 g/mol. The molecule has 2 heterocycles. The maximum absolute atomic E-state index is 12.5. The minimum Gasteiger partial charge on any atom is -0.480 e. The van der Waals surface area contributed by atoms with Crippen molar-refractivity contribution in [1.29, 1.82) is 0 Å². The fraction of sp³-hybridized carbons (Fsp3) is 0.632. The normalized spacial score (nSPS) is 20.6. The minimum atomic E-state index is -1.13. The van der Waals surface area contributed by atoms with E-state index in [1.165, 1.54) is 25.7 Å². The zero-order valence-electron chi connectivity index (χ0n) is 14.7. The van der Waals surface area contributed by atoms with Gasteiger partial charge in [0.2, 0.25) is 0 Å². The number of carboxylic acid groups (broad SMARTS) is 1. The molecule has 136 valence electrons. The second kappa shape index (κ2) is 7.85. The van der Waals surface area contributed by atoms with Crippen LogP contribution in [0.5, 0.6) is 0 Å². The van der Waals surface area contributed by atoms with E-state index < -0.39 is 11.5 Å². The standard InChI is InChI=1S/C19H27N3O3/c23-17(21-19(18(24)25)10-4-3-5-11-19)15-8-9-16(20-14-15)22-12-6-1-2-7-13-22/h8-9,14H,1-7,10-13H2,(H,21,23)(H,24,25). The largest absolute Gasteiger partial charge is 0.480 e. The number of hydrogen-bond donors (Lipinski definition) is 2. The number of carbonyl (C=O) groups excluding carboxylic acids is 1. The summed E-state index contributed by atoms with van der Waals surface area (Å²) in [6.07, 6.45) is 10.1. The summed E-state index contributed by atoms with van der Waals surface area (Å²) in [6, 6.07) is 3.62. The maximum atomic E-state index is 12.5. The number of aromatic nitrogens is 1. The van der Waals surface area contributed by atoms with Crippen molar-refractivity contribution in [3.63, 3.8) is 0 Å². The number of hydrogen-bond acceptors (Lipinski definition) is 4. The fourth-order valence-corrected chi connectivity index (χ4v) is 3.84. The molecule has 0 atom stereocenters. The third-order valence-electron chi connectivity index (χ3n) is 5.41. The number of carbonyl (C=O) groups is 2. The van der Waals surface area contributed by atoms with Crippen LogP contribution in [0.25, 0.3) is 0 Å². The molecular formula is C19H27N3O3. The van der Waals surface area contributed by atoms with E-state index in [1.54, 1.807) is 12.3 Å². The van der Waals surface area contributed by atoms with Gasteiger partial charge >= 0.3 is 5.97 Å². The summed E-state index contributed by atoms with van der Waals surface area (Å²) in [7, 11) is 0. The van der Waals surface area contributed by atoms with Gasteiger partial charge in [0.05, 0.1) is 5.56 Å². The average Bonchev–Trinajstić information content (AvgIpc) is 2.92. The van der Waals surface area contributed by atoms with Crippen molar-refractivity contribution in [3.05, 3.63) is 23.9 Å². The van der Waals surface area contributed by atoms with Crippen LogP contribution >= 0.6 is 0 Å². The molecule has 1 aromatic rings. The van der Waals surface area contributed by atoms with Crippen molar-refractivity contribution < 1.29 is 14.7 Å². The van der Waals surface area contributed by atoms with E-state index in [2.05, 4.69) is 15.2 Å². The average molecular weight is 345 g/mol. The topological polar surface area (TPSA) is 82.5 Å². The summed E-state index contributed by atoms with van der Waals surface area (Å²) in [5, 5.41) is 12.4. The lowest BCUT2D eigenvalue weighted by Crippen LogP contribution is -2.55. The number of nitrogens with zero attached hydrogens (tertiary/aromatic N) is 2. The van der Waals surface area contributed by atoms with Gasteiger partial charge in [-0.2, -0.15) is 0 Å². The van der Waals surface area contributed by atoms with E-state index in [0.29, 0.717) is 18.4 Å². The molecule has 0 bridgehead atoms. The van der Waals surface area contributed by atoms with Gasteiger partial charge in [-0.15, -0.1) is 0 Å². The number of rotatable bonds is 4. The van der Waals surface area contributed by atoms with Gasteiger partial charge in [-0.3, -0.25) is 4.79 Å². The van der Waals surface area contributed by atoms with Gasteiger partial charge in [-0.25, -0.2) is 9.78 Å². The predicted molar refractivity (Wildman–Crippen MR) is 95.8 cm³/mol. The van der Waals surface area contributed by atoms with Gasteiger partial charge in [-0.1, -0.05) is 32.1 Å². The third-order valence-corrected chi connectivity index (χ3v) is 5.41. The Labute approximate surface area is 148 Å². The van der Waals surface area contributed by atoms with Crippen LogP contribution in [0.15, 0.2) is 18.3 Å². The van der Waals surface area contributed by atoms with Crippen LogP contribution in [0, 0.1) is 0 Å². The minimum absolute atomic E-state index is 0.348. The number of amides is 1. The van der Waals surface area contributed by atoms with Crippen molar-refractivity contribution in [3.8, 4) is 0 Å². The Bertz CT molecular complexity index is 601. The molecule has 6 nitrogen and oxygen atoms in total. The summed E-state index contributed by atoms with van der Waals surface area (Å²) in [6.45, 7) is 2.00. The van der Waals surface area contributed by atoms with Crippen molar-refractivity contribution in [2.75, 3.05) is 18.0 Å². The van der Waals surface area contributed by atoms with E-state index in [1.807, 2.05) is 6.07 Å². The third kappa shape index (κ3) is 4.11. The molecule has 2 aliphatic rings.